The molecule has 22 heavy (non-hydrogen) atoms. The van der Waals surface area contributed by atoms with Crippen LogP contribution in [-0.2, 0) is 11.3 Å². The van der Waals surface area contributed by atoms with Gasteiger partial charge in [0.25, 0.3) is 5.91 Å². The molecule has 116 valence electrons. The first-order valence-corrected chi connectivity index (χ1v) is 7.52. The molecule has 2 aliphatic heterocycles. The molecule has 0 aliphatic carbocycles. The third kappa shape index (κ3) is 2.62. The van der Waals surface area contributed by atoms with Crippen LogP contribution in [-0.4, -0.2) is 57.8 Å². The van der Waals surface area contributed by atoms with E-state index in [0.717, 1.165) is 17.5 Å². The summed E-state index contributed by atoms with van der Waals surface area (Å²) in [5.74, 6) is -0.921. The first kappa shape index (κ1) is 15.1. The van der Waals surface area contributed by atoms with E-state index >= 15 is 0 Å². The summed E-state index contributed by atoms with van der Waals surface area (Å²) in [6.07, 6.45) is 1.33. The summed E-state index contributed by atoms with van der Waals surface area (Å²) >= 11 is 0. The molecule has 1 aromatic carbocycles. The van der Waals surface area contributed by atoms with Crippen LogP contribution in [0.3, 0.4) is 0 Å². The molecule has 0 radical (unpaired) electrons. The molecule has 0 saturated carbocycles. The number of aryl methyl sites for hydroxylation is 1. The van der Waals surface area contributed by atoms with E-state index in [0.29, 0.717) is 25.1 Å². The van der Waals surface area contributed by atoms with Crippen LogP contribution in [0.4, 0.5) is 0 Å². The quantitative estimate of drug-likeness (QED) is 0.767. The first-order chi connectivity index (χ1) is 10.5. The standard InChI is InChI=1S/C15H19BN2O4/c1-10-4-5-11-8-17(15(20)12(11)7-10)9-14(19)18-6-2-3-13(18)16(21)22/h4-5,7,13,21-22H,2-3,6,8-9H2,1H3. The van der Waals surface area contributed by atoms with Gasteiger partial charge in [-0.3, -0.25) is 9.59 Å². The van der Waals surface area contributed by atoms with Gasteiger partial charge in [-0.05, 0) is 31.4 Å². The normalized spacial score (nSPS) is 20.5. The van der Waals surface area contributed by atoms with Gasteiger partial charge in [-0.25, -0.2) is 0 Å². The minimum Gasteiger partial charge on any atom is -0.426 e. The highest BCUT2D eigenvalue weighted by atomic mass is 16.4. The molecule has 2 amide bonds. The molecule has 2 aliphatic rings. The number of hydrogen-bond acceptors (Lipinski definition) is 4. The van der Waals surface area contributed by atoms with Crippen LogP contribution in [0, 0.1) is 6.92 Å². The summed E-state index contributed by atoms with van der Waals surface area (Å²) in [5, 5.41) is 18.7. The number of benzene rings is 1. The molecule has 6 nitrogen and oxygen atoms in total. The Hall–Kier alpha value is -1.86. The Morgan fingerprint density at radius 3 is 2.91 bits per heavy atom. The summed E-state index contributed by atoms with van der Waals surface area (Å²) in [6.45, 7) is 2.85. The van der Waals surface area contributed by atoms with Gasteiger partial charge in [0.1, 0.15) is 6.54 Å². The van der Waals surface area contributed by atoms with Crippen LogP contribution in [0.5, 0.6) is 0 Å². The fourth-order valence-corrected chi connectivity index (χ4v) is 3.27. The van der Waals surface area contributed by atoms with Crippen molar-refractivity contribution in [3.8, 4) is 0 Å². The van der Waals surface area contributed by atoms with Gasteiger partial charge in [0, 0.05) is 18.7 Å². The monoisotopic (exact) mass is 302 g/mol. The van der Waals surface area contributed by atoms with Crippen LogP contribution < -0.4 is 0 Å². The molecule has 1 saturated heterocycles. The summed E-state index contributed by atoms with van der Waals surface area (Å²) < 4.78 is 0. The number of carbonyl (C=O) groups is 2. The Balaban J connectivity index is 1.70. The molecule has 7 heteroatoms. The fraction of sp³-hybridized carbons (Fsp3) is 0.467. The number of amides is 2. The van der Waals surface area contributed by atoms with Gasteiger partial charge in [0.2, 0.25) is 5.91 Å². The van der Waals surface area contributed by atoms with Gasteiger partial charge in [-0.1, -0.05) is 17.7 Å². The van der Waals surface area contributed by atoms with E-state index < -0.39 is 13.1 Å². The molecule has 1 aromatic rings. The van der Waals surface area contributed by atoms with Crippen molar-refractivity contribution in [3.63, 3.8) is 0 Å². The Morgan fingerprint density at radius 1 is 1.41 bits per heavy atom. The maximum atomic E-state index is 12.4. The molecule has 2 N–H and O–H groups in total. The van der Waals surface area contributed by atoms with Crippen LogP contribution >= 0.6 is 0 Å². The van der Waals surface area contributed by atoms with Crippen molar-refractivity contribution in [1.82, 2.24) is 9.80 Å². The molecular formula is C15H19BN2O4. The molecule has 0 bridgehead atoms. The summed E-state index contributed by atoms with van der Waals surface area (Å²) in [6, 6.07) is 5.72. The van der Waals surface area contributed by atoms with Gasteiger partial charge in [-0.2, -0.15) is 0 Å². The van der Waals surface area contributed by atoms with Gasteiger partial charge in [0.15, 0.2) is 0 Å². The average Bonchev–Trinajstić information content (AvgIpc) is 3.06. The maximum absolute atomic E-state index is 12.4. The lowest BCUT2D eigenvalue weighted by molar-refractivity contribution is -0.132. The van der Waals surface area contributed by atoms with E-state index in [2.05, 4.69) is 0 Å². The second-order valence-corrected chi connectivity index (χ2v) is 6.03. The predicted octanol–water partition coefficient (Wildman–Crippen LogP) is -0.0462. The Labute approximate surface area is 129 Å². The van der Waals surface area contributed by atoms with Crippen molar-refractivity contribution in [2.75, 3.05) is 13.1 Å². The van der Waals surface area contributed by atoms with E-state index in [1.165, 1.54) is 9.80 Å². The minimum atomic E-state index is -1.53. The zero-order valence-corrected chi connectivity index (χ0v) is 12.5. The fourth-order valence-electron chi connectivity index (χ4n) is 3.27. The van der Waals surface area contributed by atoms with Crippen molar-refractivity contribution in [2.45, 2.75) is 32.3 Å². The maximum Gasteiger partial charge on any atom is 0.475 e. The predicted molar refractivity (Wildman–Crippen MR) is 80.8 cm³/mol. The SMILES string of the molecule is Cc1ccc2c(c1)C(=O)N(CC(=O)N1CCCC1B(O)O)C2. The Kier molecular flexibility index (Phi) is 3.93. The van der Waals surface area contributed by atoms with Crippen molar-refractivity contribution < 1.29 is 19.6 Å². The third-order valence-electron chi connectivity index (χ3n) is 4.43. The summed E-state index contributed by atoms with van der Waals surface area (Å²) in [5.41, 5.74) is 2.61. The van der Waals surface area contributed by atoms with Gasteiger partial charge < -0.3 is 19.8 Å². The van der Waals surface area contributed by atoms with Crippen molar-refractivity contribution in [2.24, 2.45) is 0 Å². The second kappa shape index (κ2) is 5.74. The van der Waals surface area contributed by atoms with Crippen LogP contribution in [0.1, 0.15) is 34.3 Å². The number of rotatable bonds is 3. The highest BCUT2D eigenvalue weighted by molar-refractivity contribution is 6.43. The number of likely N-dealkylation sites (tertiary alicyclic amines) is 1. The number of fused-ring (bicyclic) bond motifs is 1. The molecule has 1 unspecified atom stereocenters. The molecule has 2 heterocycles. The smallest absolute Gasteiger partial charge is 0.426 e. The Bertz CT molecular complexity index is 620. The third-order valence-corrected chi connectivity index (χ3v) is 4.43. The zero-order valence-electron chi connectivity index (χ0n) is 12.5. The lowest BCUT2D eigenvalue weighted by Gasteiger charge is -2.26. The Morgan fingerprint density at radius 2 is 2.18 bits per heavy atom. The zero-order chi connectivity index (χ0) is 15.9. The molecular weight excluding hydrogens is 283 g/mol. The highest BCUT2D eigenvalue weighted by Gasteiger charge is 2.38. The van der Waals surface area contributed by atoms with E-state index in [-0.39, 0.29) is 18.4 Å². The van der Waals surface area contributed by atoms with Gasteiger partial charge in [0.05, 0.1) is 5.94 Å². The topological polar surface area (TPSA) is 81.1 Å². The lowest BCUT2D eigenvalue weighted by Crippen LogP contribution is -2.49. The first-order valence-electron chi connectivity index (χ1n) is 7.52. The summed E-state index contributed by atoms with van der Waals surface area (Å²) in [7, 11) is -1.53. The molecule has 0 spiro atoms. The molecule has 1 fully saturated rings. The van der Waals surface area contributed by atoms with E-state index in [1.807, 2.05) is 25.1 Å². The van der Waals surface area contributed by atoms with Crippen LogP contribution in [0.25, 0.3) is 0 Å². The van der Waals surface area contributed by atoms with Crippen LogP contribution in [0.15, 0.2) is 18.2 Å². The number of carbonyl (C=O) groups excluding carboxylic acids is 2. The van der Waals surface area contributed by atoms with Crippen molar-refractivity contribution in [1.29, 1.82) is 0 Å². The average molecular weight is 302 g/mol. The van der Waals surface area contributed by atoms with Crippen molar-refractivity contribution in [3.05, 3.63) is 34.9 Å². The highest BCUT2D eigenvalue weighted by Crippen LogP contribution is 2.25. The number of nitrogens with zero attached hydrogens (tertiary/aromatic N) is 2. The lowest BCUT2D eigenvalue weighted by atomic mass is 9.78. The van der Waals surface area contributed by atoms with Crippen LogP contribution in [0.2, 0.25) is 0 Å². The second-order valence-electron chi connectivity index (χ2n) is 6.03. The summed E-state index contributed by atoms with van der Waals surface area (Å²) in [4.78, 5) is 27.8. The molecule has 0 aromatic heterocycles. The van der Waals surface area contributed by atoms with Gasteiger partial charge in [-0.15, -0.1) is 0 Å². The minimum absolute atomic E-state index is 0.0181. The molecule has 1 atom stereocenters. The largest absolute Gasteiger partial charge is 0.475 e. The number of hydrogen-bond donors (Lipinski definition) is 2. The van der Waals surface area contributed by atoms with Crippen molar-refractivity contribution >= 4 is 18.9 Å². The molecule has 3 rings (SSSR count). The van der Waals surface area contributed by atoms with Gasteiger partial charge >= 0.3 is 7.12 Å². The van der Waals surface area contributed by atoms with E-state index in [1.54, 1.807) is 0 Å². The van der Waals surface area contributed by atoms with E-state index in [4.69, 9.17) is 0 Å². The van der Waals surface area contributed by atoms with E-state index in [9.17, 15) is 19.6 Å².